The van der Waals surface area contributed by atoms with Gasteiger partial charge in [-0.25, -0.2) is 0 Å². The molecule has 8 nitrogen and oxygen atoms in total. The molecule has 1 amide bonds. The molecule has 2 unspecified atom stereocenters. The van der Waals surface area contributed by atoms with Crippen LogP contribution in [0, 0.1) is 0 Å². The maximum Gasteiger partial charge on any atom is 0.229 e. The number of hydrogen-bond donors (Lipinski definition) is 2. The van der Waals surface area contributed by atoms with E-state index in [1.165, 1.54) is 0 Å². The monoisotopic (exact) mass is 397 g/mol. The van der Waals surface area contributed by atoms with Gasteiger partial charge in [0, 0.05) is 44.0 Å². The maximum absolute atomic E-state index is 12.5. The largest absolute Gasteiger partial charge is 0.357 e. The normalized spacial score (nSPS) is 18.4. The second-order valence-corrected chi connectivity index (χ2v) is 7.53. The number of guanidine groups is 1. The molecule has 2 N–H and O–H groups in total. The summed E-state index contributed by atoms with van der Waals surface area (Å²) >= 11 is 0. The third kappa shape index (κ3) is 5.35. The van der Waals surface area contributed by atoms with Gasteiger partial charge in [0.05, 0.1) is 24.8 Å². The molecule has 1 aliphatic rings. The summed E-state index contributed by atoms with van der Waals surface area (Å²) in [6.45, 7) is 4.02. The Balaban J connectivity index is 1.67. The number of nitrogens with one attached hydrogen (secondary N) is 2. The van der Waals surface area contributed by atoms with Gasteiger partial charge in [-0.3, -0.25) is 14.5 Å². The number of anilines is 1. The highest BCUT2D eigenvalue weighted by Gasteiger charge is 2.31. The van der Waals surface area contributed by atoms with E-state index in [9.17, 15) is 4.79 Å². The van der Waals surface area contributed by atoms with E-state index in [2.05, 4.69) is 20.6 Å². The fourth-order valence-electron chi connectivity index (χ4n) is 3.53. The molecule has 0 spiro atoms. The zero-order chi connectivity index (χ0) is 20.8. The molecular formula is C21H31N7O. The summed E-state index contributed by atoms with van der Waals surface area (Å²) in [4.78, 5) is 21.2. The van der Waals surface area contributed by atoms with Crippen LogP contribution in [0.3, 0.4) is 0 Å². The van der Waals surface area contributed by atoms with Gasteiger partial charge in [0.2, 0.25) is 5.91 Å². The summed E-state index contributed by atoms with van der Waals surface area (Å²) in [6.07, 6.45) is 4.36. The van der Waals surface area contributed by atoms with Crippen molar-refractivity contribution in [2.24, 2.45) is 12.0 Å². The first kappa shape index (κ1) is 20.9. The molecular weight excluding hydrogens is 366 g/mol. The number of benzene rings is 1. The highest BCUT2D eigenvalue weighted by atomic mass is 16.2. The number of hydrogen-bond acceptors (Lipinski definition) is 4. The molecule has 156 valence electrons. The number of aliphatic imine (C=N–C) groups is 1. The highest BCUT2D eigenvalue weighted by molar-refractivity contribution is 5.97. The molecule has 0 radical (unpaired) electrons. The summed E-state index contributed by atoms with van der Waals surface area (Å²) in [6, 6.07) is 9.95. The molecule has 1 saturated heterocycles. The number of aryl methyl sites for hydroxylation is 1. The van der Waals surface area contributed by atoms with Gasteiger partial charge in [-0.1, -0.05) is 18.2 Å². The number of likely N-dealkylation sites (N-methyl/N-ethyl adjacent to an activating group) is 1. The van der Waals surface area contributed by atoms with Gasteiger partial charge in [-0.15, -0.1) is 0 Å². The van der Waals surface area contributed by atoms with E-state index in [1.54, 1.807) is 4.68 Å². The predicted octanol–water partition coefficient (Wildman–Crippen LogP) is 1.38. The number of rotatable bonds is 7. The summed E-state index contributed by atoms with van der Waals surface area (Å²) in [5.41, 5.74) is 2.07. The standard InChI is InChI=1S/C21H31N7O/c1-5-22-21(23-13-19(26(2)3)16-12-24-27(4)14-16)25-17-11-20(29)28(15-17)18-9-7-6-8-10-18/h6-10,12,14,17,19H,5,11,13,15H2,1-4H3,(H2,22,23,25). The van der Waals surface area contributed by atoms with Gasteiger partial charge >= 0.3 is 0 Å². The molecule has 0 saturated carbocycles. The molecule has 2 atom stereocenters. The van der Waals surface area contributed by atoms with Crippen LogP contribution in [0.15, 0.2) is 47.7 Å². The molecule has 3 rings (SSSR count). The predicted molar refractivity (Wildman–Crippen MR) is 116 cm³/mol. The molecule has 2 heterocycles. The van der Waals surface area contributed by atoms with E-state index in [0.717, 1.165) is 23.8 Å². The van der Waals surface area contributed by atoms with E-state index in [1.807, 2.05) is 75.7 Å². The minimum Gasteiger partial charge on any atom is -0.357 e. The lowest BCUT2D eigenvalue weighted by Gasteiger charge is -2.23. The van der Waals surface area contributed by atoms with Crippen molar-refractivity contribution < 1.29 is 4.79 Å². The SMILES string of the molecule is CCNC(=NCC(c1cnn(C)c1)N(C)C)NC1CC(=O)N(c2ccccc2)C1. The van der Waals surface area contributed by atoms with Crippen LogP contribution < -0.4 is 15.5 Å². The summed E-state index contributed by atoms with van der Waals surface area (Å²) < 4.78 is 1.81. The topological polar surface area (TPSA) is 77.8 Å². The van der Waals surface area contributed by atoms with Gasteiger partial charge < -0.3 is 20.4 Å². The number of para-hydroxylation sites is 1. The molecule has 0 bridgehead atoms. The zero-order valence-electron chi connectivity index (χ0n) is 17.7. The van der Waals surface area contributed by atoms with Crippen molar-refractivity contribution in [2.45, 2.75) is 25.4 Å². The third-order valence-corrected chi connectivity index (χ3v) is 5.03. The van der Waals surface area contributed by atoms with Crippen LogP contribution in [0.1, 0.15) is 24.9 Å². The lowest BCUT2D eigenvalue weighted by atomic mass is 10.1. The van der Waals surface area contributed by atoms with Crippen molar-refractivity contribution in [1.29, 1.82) is 0 Å². The van der Waals surface area contributed by atoms with E-state index >= 15 is 0 Å². The zero-order valence-corrected chi connectivity index (χ0v) is 17.7. The third-order valence-electron chi connectivity index (χ3n) is 5.03. The Hall–Kier alpha value is -2.87. The molecule has 2 aromatic rings. The van der Waals surface area contributed by atoms with Crippen LogP contribution in [0.25, 0.3) is 0 Å². The number of aromatic nitrogens is 2. The Bertz CT molecular complexity index is 831. The van der Waals surface area contributed by atoms with Crippen molar-refractivity contribution in [2.75, 3.05) is 38.6 Å². The fraction of sp³-hybridized carbons (Fsp3) is 0.476. The highest BCUT2D eigenvalue weighted by Crippen LogP contribution is 2.21. The van der Waals surface area contributed by atoms with Crippen molar-refractivity contribution in [3.05, 3.63) is 48.3 Å². The average Bonchev–Trinajstić information content (AvgIpc) is 3.28. The Labute approximate surface area is 172 Å². The second-order valence-electron chi connectivity index (χ2n) is 7.53. The number of nitrogens with zero attached hydrogens (tertiary/aromatic N) is 5. The van der Waals surface area contributed by atoms with Crippen molar-refractivity contribution in [3.63, 3.8) is 0 Å². The van der Waals surface area contributed by atoms with Crippen LogP contribution in [-0.2, 0) is 11.8 Å². The first-order chi connectivity index (χ1) is 14.0. The van der Waals surface area contributed by atoms with E-state index < -0.39 is 0 Å². The lowest BCUT2D eigenvalue weighted by Crippen LogP contribution is -2.45. The van der Waals surface area contributed by atoms with Crippen LogP contribution in [-0.4, -0.2) is 66.3 Å². The molecule has 1 fully saturated rings. The van der Waals surface area contributed by atoms with Gasteiger partial charge in [-0.05, 0) is 33.2 Å². The van der Waals surface area contributed by atoms with Crippen molar-refractivity contribution in [3.8, 4) is 0 Å². The van der Waals surface area contributed by atoms with Crippen molar-refractivity contribution in [1.82, 2.24) is 25.3 Å². The first-order valence-electron chi connectivity index (χ1n) is 10.0. The summed E-state index contributed by atoms with van der Waals surface area (Å²) in [5, 5.41) is 11.0. The van der Waals surface area contributed by atoms with E-state index in [4.69, 9.17) is 4.99 Å². The average molecular weight is 398 g/mol. The Kier molecular flexibility index (Phi) is 6.87. The first-order valence-corrected chi connectivity index (χ1v) is 10.0. The van der Waals surface area contributed by atoms with Gasteiger partial charge in [-0.2, -0.15) is 5.10 Å². The Morgan fingerprint density at radius 1 is 1.34 bits per heavy atom. The molecule has 1 aromatic carbocycles. The number of amides is 1. The summed E-state index contributed by atoms with van der Waals surface area (Å²) in [5.74, 6) is 0.863. The van der Waals surface area contributed by atoms with E-state index in [0.29, 0.717) is 19.5 Å². The van der Waals surface area contributed by atoms with Crippen LogP contribution in [0.4, 0.5) is 5.69 Å². The molecule has 1 aliphatic heterocycles. The lowest BCUT2D eigenvalue weighted by molar-refractivity contribution is -0.117. The molecule has 1 aromatic heterocycles. The Morgan fingerprint density at radius 2 is 2.10 bits per heavy atom. The van der Waals surface area contributed by atoms with E-state index in [-0.39, 0.29) is 18.0 Å². The summed E-state index contributed by atoms with van der Waals surface area (Å²) in [7, 11) is 6.00. The smallest absolute Gasteiger partial charge is 0.229 e. The van der Waals surface area contributed by atoms with Gasteiger partial charge in [0.25, 0.3) is 0 Å². The van der Waals surface area contributed by atoms with Gasteiger partial charge in [0.15, 0.2) is 5.96 Å². The fourth-order valence-corrected chi connectivity index (χ4v) is 3.53. The quantitative estimate of drug-likeness (QED) is 0.545. The minimum atomic E-state index is 0.0247. The number of carbonyl (C=O) groups excluding carboxylic acids is 1. The minimum absolute atomic E-state index is 0.0247. The second kappa shape index (κ2) is 9.56. The maximum atomic E-state index is 12.5. The number of carbonyl (C=O) groups is 1. The van der Waals surface area contributed by atoms with Crippen LogP contribution in [0.5, 0.6) is 0 Å². The van der Waals surface area contributed by atoms with Crippen molar-refractivity contribution >= 4 is 17.6 Å². The molecule has 8 heteroatoms. The van der Waals surface area contributed by atoms with Crippen LogP contribution in [0.2, 0.25) is 0 Å². The Morgan fingerprint density at radius 3 is 2.72 bits per heavy atom. The molecule has 29 heavy (non-hydrogen) atoms. The van der Waals surface area contributed by atoms with Crippen LogP contribution >= 0.6 is 0 Å². The molecule has 0 aliphatic carbocycles. The van der Waals surface area contributed by atoms with Gasteiger partial charge in [0.1, 0.15) is 0 Å².